The number of benzene rings is 1. The molecule has 0 aliphatic rings. The standard InChI is InChI=1S/C19H23N5O3S/c1-19(2,3)16-12-24-17(22-16)9-8-15(23-24)18(25)21-11-10-13-4-6-14(7-5-13)28(20,26)27/h4-9,12H,10-11H2,1-3H3,(H,21,25)(H2,20,26,27). The first-order valence-electron chi connectivity index (χ1n) is 8.81. The van der Waals surface area contributed by atoms with Crippen molar-refractivity contribution in [2.45, 2.75) is 37.5 Å². The van der Waals surface area contributed by atoms with Gasteiger partial charge in [0.25, 0.3) is 5.91 Å². The average molecular weight is 401 g/mol. The fourth-order valence-corrected chi connectivity index (χ4v) is 3.14. The number of sulfonamides is 1. The van der Waals surface area contributed by atoms with Gasteiger partial charge in [0.2, 0.25) is 10.0 Å². The quantitative estimate of drug-likeness (QED) is 0.674. The number of nitrogens with two attached hydrogens (primary N) is 1. The van der Waals surface area contributed by atoms with Crippen LogP contribution in [0.25, 0.3) is 5.65 Å². The summed E-state index contributed by atoms with van der Waals surface area (Å²) < 4.78 is 24.1. The van der Waals surface area contributed by atoms with Crippen LogP contribution in [0.1, 0.15) is 42.5 Å². The zero-order chi connectivity index (χ0) is 20.5. The molecular weight excluding hydrogens is 378 g/mol. The van der Waals surface area contributed by atoms with Crippen LogP contribution in [0, 0.1) is 0 Å². The number of primary sulfonamides is 1. The highest BCUT2D eigenvalue weighted by molar-refractivity contribution is 7.89. The number of nitrogens with one attached hydrogen (secondary N) is 1. The highest BCUT2D eigenvalue weighted by atomic mass is 32.2. The second kappa shape index (κ2) is 7.33. The maximum absolute atomic E-state index is 12.4. The number of aromatic nitrogens is 3. The van der Waals surface area contributed by atoms with Gasteiger partial charge in [-0.3, -0.25) is 4.79 Å². The molecule has 0 saturated heterocycles. The molecule has 8 nitrogen and oxygen atoms in total. The molecule has 0 aliphatic carbocycles. The molecule has 3 rings (SSSR count). The van der Waals surface area contributed by atoms with Crippen molar-refractivity contribution in [2.75, 3.05) is 6.54 Å². The summed E-state index contributed by atoms with van der Waals surface area (Å²) in [5, 5.41) is 12.2. The Morgan fingerprint density at radius 1 is 1.14 bits per heavy atom. The second-order valence-corrected chi connectivity index (χ2v) is 9.15. The van der Waals surface area contributed by atoms with Gasteiger partial charge in [0, 0.05) is 12.0 Å². The highest BCUT2D eigenvalue weighted by Gasteiger charge is 2.18. The number of imidazole rings is 1. The zero-order valence-electron chi connectivity index (χ0n) is 16.0. The van der Waals surface area contributed by atoms with Crippen molar-refractivity contribution in [3.8, 4) is 0 Å². The molecule has 1 aromatic carbocycles. The molecule has 0 bridgehead atoms. The Kier molecular flexibility index (Phi) is 5.22. The normalized spacial score (nSPS) is 12.3. The lowest BCUT2D eigenvalue weighted by molar-refractivity contribution is 0.0948. The number of carbonyl (C=O) groups is 1. The largest absolute Gasteiger partial charge is 0.350 e. The van der Waals surface area contributed by atoms with E-state index in [-0.39, 0.29) is 16.2 Å². The summed E-state index contributed by atoms with van der Waals surface area (Å²) in [6.07, 6.45) is 2.39. The number of fused-ring (bicyclic) bond motifs is 1. The summed E-state index contributed by atoms with van der Waals surface area (Å²) in [5.41, 5.74) is 2.68. The van der Waals surface area contributed by atoms with Crippen LogP contribution in [0.3, 0.4) is 0 Å². The minimum absolute atomic E-state index is 0.0627. The van der Waals surface area contributed by atoms with Crippen molar-refractivity contribution < 1.29 is 13.2 Å². The lowest BCUT2D eigenvalue weighted by Crippen LogP contribution is -2.27. The molecule has 0 unspecified atom stereocenters. The molecule has 0 aliphatic heterocycles. The number of carbonyl (C=O) groups excluding carboxylic acids is 1. The summed E-state index contributed by atoms with van der Waals surface area (Å²) in [6, 6.07) is 9.67. The summed E-state index contributed by atoms with van der Waals surface area (Å²) in [4.78, 5) is 17.0. The van der Waals surface area contributed by atoms with E-state index in [4.69, 9.17) is 5.14 Å². The maximum Gasteiger partial charge on any atom is 0.271 e. The Labute approximate surface area is 163 Å². The van der Waals surface area contributed by atoms with E-state index in [0.29, 0.717) is 24.3 Å². The Bertz CT molecular complexity index is 1110. The highest BCUT2D eigenvalue weighted by Crippen LogP contribution is 2.21. The SMILES string of the molecule is CC(C)(C)c1cn2nc(C(=O)NCCc3ccc(S(N)(=O)=O)cc3)ccc2n1. The molecule has 0 atom stereocenters. The second-order valence-electron chi connectivity index (χ2n) is 7.59. The van der Waals surface area contributed by atoms with E-state index in [9.17, 15) is 13.2 Å². The summed E-state index contributed by atoms with van der Waals surface area (Å²) >= 11 is 0. The van der Waals surface area contributed by atoms with E-state index in [2.05, 4.69) is 36.2 Å². The van der Waals surface area contributed by atoms with E-state index in [1.54, 1.807) is 28.8 Å². The van der Waals surface area contributed by atoms with Gasteiger partial charge in [-0.25, -0.2) is 23.1 Å². The number of hydrogen-bond acceptors (Lipinski definition) is 5. The van der Waals surface area contributed by atoms with Crippen molar-refractivity contribution in [1.29, 1.82) is 0 Å². The van der Waals surface area contributed by atoms with Gasteiger partial charge >= 0.3 is 0 Å². The number of amides is 1. The molecule has 0 radical (unpaired) electrons. The molecule has 148 valence electrons. The molecule has 3 aromatic rings. The van der Waals surface area contributed by atoms with Crippen LogP contribution in [0.2, 0.25) is 0 Å². The fourth-order valence-electron chi connectivity index (χ4n) is 2.62. The predicted molar refractivity (Wildman–Crippen MR) is 106 cm³/mol. The maximum atomic E-state index is 12.4. The summed E-state index contributed by atoms with van der Waals surface area (Å²) in [7, 11) is -3.70. The van der Waals surface area contributed by atoms with Gasteiger partial charge in [-0.05, 0) is 36.2 Å². The van der Waals surface area contributed by atoms with E-state index < -0.39 is 10.0 Å². The van der Waals surface area contributed by atoms with Gasteiger partial charge in [0.05, 0.1) is 16.8 Å². The number of hydrogen-bond donors (Lipinski definition) is 2. The first-order chi connectivity index (χ1) is 13.0. The van der Waals surface area contributed by atoms with Crippen molar-refractivity contribution in [3.63, 3.8) is 0 Å². The predicted octanol–water partition coefficient (Wildman–Crippen LogP) is 1.65. The van der Waals surface area contributed by atoms with E-state index >= 15 is 0 Å². The van der Waals surface area contributed by atoms with Crippen molar-refractivity contribution in [2.24, 2.45) is 5.14 Å². The van der Waals surface area contributed by atoms with Crippen LogP contribution >= 0.6 is 0 Å². The van der Waals surface area contributed by atoms with Gasteiger partial charge in [-0.15, -0.1) is 0 Å². The van der Waals surface area contributed by atoms with Crippen LogP contribution in [0.4, 0.5) is 0 Å². The third kappa shape index (κ3) is 4.55. The third-order valence-corrected chi connectivity index (χ3v) is 5.20. The van der Waals surface area contributed by atoms with E-state index in [1.165, 1.54) is 12.1 Å². The molecule has 3 N–H and O–H groups in total. The van der Waals surface area contributed by atoms with E-state index in [1.807, 2.05) is 6.20 Å². The molecule has 2 heterocycles. The molecule has 0 spiro atoms. The van der Waals surface area contributed by atoms with Gasteiger partial charge < -0.3 is 5.32 Å². The monoisotopic (exact) mass is 401 g/mol. The molecule has 0 fully saturated rings. The molecule has 2 aromatic heterocycles. The summed E-state index contributed by atoms with van der Waals surface area (Å²) in [5.74, 6) is -0.283. The number of rotatable bonds is 5. The first-order valence-corrected chi connectivity index (χ1v) is 10.4. The van der Waals surface area contributed by atoms with Gasteiger partial charge in [0.1, 0.15) is 5.69 Å². The zero-order valence-corrected chi connectivity index (χ0v) is 16.8. The minimum Gasteiger partial charge on any atom is -0.350 e. The molecule has 0 saturated carbocycles. The minimum atomic E-state index is -3.70. The van der Waals surface area contributed by atoms with Gasteiger partial charge in [-0.2, -0.15) is 5.10 Å². The van der Waals surface area contributed by atoms with Crippen molar-refractivity contribution in [3.05, 3.63) is 59.5 Å². The topological polar surface area (TPSA) is 119 Å². The summed E-state index contributed by atoms with van der Waals surface area (Å²) in [6.45, 7) is 6.60. The van der Waals surface area contributed by atoms with Gasteiger partial charge in [0.15, 0.2) is 5.65 Å². The molecule has 1 amide bonds. The van der Waals surface area contributed by atoms with Crippen LogP contribution in [-0.4, -0.2) is 35.5 Å². The van der Waals surface area contributed by atoms with Crippen LogP contribution in [0.15, 0.2) is 47.5 Å². The Balaban J connectivity index is 1.63. The van der Waals surface area contributed by atoms with Gasteiger partial charge in [-0.1, -0.05) is 32.9 Å². The smallest absolute Gasteiger partial charge is 0.271 e. The van der Waals surface area contributed by atoms with Crippen molar-refractivity contribution in [1.82, 2.24) is 19.9 Å². The first kappa shape index (κ1) is 20.0. The van der Waals surface area contributed by atoms with Crippen LogP contribution in [0.5, 0.6) is 0 Å². The number of nitrogens with zero attached hydrogens (tertiary/aromatic N) is 3. The van der Waals surface area contributed by atoms with Crippen LogP contribution < -0.4 is 10.5 Å². The van der Waals surface area contributed by atoms with Crippen LogP contribution in [-0.2, 0) is 21.9 Å². The molecule has 9 heteroatoms. The lowest BCUT2D eigenvalue weighted by Gasteiger charge is -2.13. The fraction of sp³-hybridized carbons (Fsp3) is 0.316. The third-order valence-electron chi connectivity index (χ3n) is 4.27. The van der Waals surface area contributed by atoms with E-state index in [0.717, 1.165) is 11.3 Å². The Morgan fingerprint density at radius 3 is 2.43 bits per heavy atom. The lowest BCUT2D eigenvalue weighted by atomic mass is 9.93. The average Bonchev–Trinajstić information content (AvgIpc) is 3.05. The Morgan fingerprint density at radius 2 is 1.82 bits per heavy atom. The Hall–Kier alpha value is -2.78. The van der Waals surface area contributed by atoms with Crippen molar-refractivity contribution >= 4 is 21.6 Å². The molecule has 28 heavy (non-hydrogen) atoms. The molecular formula is C19H23N5O3S.